The van der Waals surface area contributed by atoms with E-state index in [1.54, 1.807) is 11.1 Å². The van der Waals surface area contributed by atoms with Crippen LogP contribution in [0.4, 0.5) is 0 Å². The van der Waals surface area contributed by atoms with E-state index in [4.69, 9.17) is 0 Å². The molecule has 0 fully saturated rings. The number of benzene rings is 2. The molecule has 0 radical (unpaired) electrons. The minimum Gasteiger partial charge on any atom is -1.00 e. The Bertz CT molecular complexity index is 1100. The minimum atomic E-state index is -2.06. The van der Waals surface area contributed by atoms with Crippen molar-refractivity contribution in [3.63, 3.8) is 0 Å². The number of aryl methyl sites for hydroxylation is 2. The molecule has 0 unspecified atom stereocenters. The molecule has 2 aromatic carbocycles. The Morgan fingerprint density at radius 1 is 0.647 bits per heavy atom. The molecule has 0 saturated carbocycles. The molecule has 0 nitrogen and oxygen atoms in total. The average molecular weight is 674 g/mol. The molecule has 0 atom stereocenters. The van der Waals surface area contributed by atoms with Crippen molar-refractivity contribution in [1.82, 2.24) is 0 Å². The van der Waals surface area contributed by atoms with Gasteiger partial charge in [0, 0.05) is 0 Å². The maximum absolute atomic E-state index is 2.59. The molecule has 4 heteroatoms. The van der Waals surface area contributed by atoms with Gasteiger partial charge in [-0.2, -0.15) is 0 Å². The fourth-order valence-electron chi connectivity index (χ4n) is 5.22. The zero-order valence-electron chi connectivity index (χ0n) is 21.4. The summed E-state index contributed by atoms with van der Waals surface area (Å²) in [5, 5.41) is 0. The second kappa shape index (κ2) is 12.9. The standard InChI is InChI=1S/2C14H15.C2H6Si.2ClH.Hf/c2*1-3-12-7-9-13(10-8-12)14-6-4-5-11(14)2;1-3-2;;;/h2*6-10H,3-4H2,1-2H3;1-2H3;2*1H;/q;;;;;+2/p-2. The normalized spacial score (nSPS) is 14.7. The van der Waals surface area contributed by atoms with Gasteiger partial charge in [0.2, 0.25) is 0 Å². The Hall–Kier alpha value is -0.933. The van der Waals surface area contributed by atoms with E-state index < -0.39 is 20.1 Å². The third kappa shape index (κ3) is 5.89. The third-order valence-electron chi connectivity index (χ3n) is 7.18. The first-order chi connectivity index (χ1) is 15.4. The van der Waals surface area contributed by atoms with Crippen LogP contribution in [0.1, 0.15) is 62.8 Å². The zero-order chi connectivity index (χ0) is 22.8. The summed E-state index contributed by atoms with van der Waals surface area (Å²) in [7, 11) is 0. The topological polar surface area (TPSA) is 0 Å². The minimum absolute atomic E-state index is 0. The van der Waals surface area contributed by atoms with E-state index in [0.29, 0.717) is 0 Å². The Balaban J connectivity index is 0.00000204. The van der Waals surface area contributed by atoms with Gasteiger partial charge in [-0.15, -0.1) is 0 Å². The first-order valence-electron chi connectivity index (χ1n) is 12.1. The smallest absolute Gasteiger partial charge is 1.00 e. The summed E-state index contributed by atoms with van der Waals surface area (Å²) in [5.74, 6) is 0. The number of allylic oxidation sites excluding steroid dienone is 8. The van der Waals surface area contributed by atoms with Crippen LogP contribution in [0.5, 0.6) is 0 Å². The van der Waals surface area contributed by atoms with Crippen LogP contribution >= 0.6 is 0 Å². The fraction of sp³-hybridized carbons (Fsp3) is 0.333. The van der Waals surface area contributed by atoms with Crippen molar-refractivity contribution in [3.05, 3.63) is 101 Å². The number of hydrogen-bond acceptors (Lipinski definition) is 0. The summed E-state index contributed by atoms with van der Waals surface area (Å²) in [6.07, 6.45) is 9.68. The number of rotatable bonds is 6. The van der Waals surface area contributed by atoms with Crippen LogP contribution < -0.4 is 24.8 Å². The van der Waals surface area contributed by atoms with Crippen molar-refractivity contribution in [1.29, 1.82) is 0 Å². The first kappa shape index (κ1) is 29.3. The van der Waals surface area contributed by atoms with Gasteiger partial charge in [0.05, 0.1) is 0 Å². The van der Waals surface area contributed by atoms with Gasteiger partial charge in [0.25, 0.3) is 0 Å². The maximum Gasteiger partial charge on any atom is -1.00 e. The molecular formula is C30H36Cl2HfSi. The summed E-state index contributed by atoms with van der Waals surface area (Å²) in [4.78, 5) is 0. The Labute approximate surface area is 227 Å². The zero-order valence-corrected chi connectivity index (χ0v) is 27.5. The molecular weight excluding hydrogens is 638 g/mol. The predicted molar refractivity (Wildman–Crippen MR) is 140 cm³/mol. The number of hydrogen-bond donors (Lipinski definition) is 0. The van der Waals surface area contributed by atoms with Crippen LogP contribution in [0.15, 0.2) is 78.5 Å². The summed E-state index contributed by atoms with van der Waals surface area (Å²) in [6, 6.07) is 18.6. The van der Waals surface area contributed by atoms with Gasteiger partial charge < -0.3 is 24.8 Å². The SMILES string of the molecule is CCc1ccc(C2=CC[C]([Hf+2]([C]3=C(C)C(c4ccc(CC)cc4)=CC3)=[Si](C)C)=C2C)cc1.[Cl-].[Cl-]. The van der Waals surface area contributed by atoms with Crippen molar-refractivity contribution >= 4 is 16.6 Å². The molecule has 0 aromatic heterocycles. The van der Waals surface area contributed by atoms with Crippen LogP contribution in [-0.2, 0) is 32.9 Å². The first-order valence-corrected chi connectivity index (χ1v) is 23.6. The van der Waals surface area contributed by atoms with Gasteiger partial charge in [-0.05, 0) is 0 Å². The van der Waals surface area contributed by atoms with Crippen molar-refractivity contribution < 1.29 is 44.9 Å². The summed E-state index contributed by atoms with van der Waals surface area (Å²) < 4.78 is 3.77. The van der Waals surface area contributed by atoms with Gasteiger partial charge >= 0.3 is 204 Å². The van der Waals surface area contributed by atoms with Crippen molar-refractivity contribution in [2.75, 3.05) is 0 Å². The molecule has 0 amide bonds. The molecule has 0 bridgehead atoms. The molecule has 0 aliphatic heterocycles. The van der Waals surface area contributed by atoms with Crippen molar-refractivity contribution in [2.24, 2.45) is 0 Å². The van der Waals surface area contributed by atoms with E-state index >= 15 is 0 Å². The van der Waals surface area contributed by atoms with E-state index in [0.717, 1.165) is 12.8 Å². The van der Waals surface area contributed by atoms with E-state index in [9.17, 15) is 0 Å². The van der Waals surface area contributed by atoms with Crippen LogP contribution in [0.3, 0.4) is 0 Å². The van der Waals surface area contributed by atoms with Crippen LogP contribution in [-0.4, -0.2) is 5.49 Å². The van der Waals surface area contributed by atoms with Gasteiger partial charge in [-0.1, -0.05) is 0 Å². The van der Waals surface area contributed by atoms with Gasteiger partial charge in [-0.3, -0.25) is 0 Å². The Kier molecular flexibility index (Phi) is 11.1. The summed E-state index contributed by atoms with van der Waals surface area (Å²) in [6.45, 7) is 14.5. The molecule has 2 aliphatic rings. The largest absolute Gasteiger partial charge is 1.00 e. The number of halogens is 2. The van der Waals surface area contributed by atoms with Crippen LogP contribution in [0, 0.1) is 0 Å². The van der Waals surface area contributed by atoms with Crippen molar-refractivity contribution in [2.45, 2.75) is 66.5 Å². The van der Waals surface area contributed by atoms with Crippen molar-refractivity contribution in [3.8, 4) is 0 Å². The van der Waals surface area contributed by atoms with Gasteiger partial charge in [0.15, 0.2) is 0 Å². The molecule has 178 valence electrons. The van der Waals surface area contributed by atoms with Crippen LogP contribution in [0.25, 0.3) is 11.1 Å². The van der Waals surface area contributed by atoms with Gasteiger partial charge in [0.1, 0.15) is 0 Å². The van der Waals surface area contributed by atoms with E-state index in [1.165, 1.54) is 46.2 Å². The van der Waals surface area contributed by atoms with Crippen LogP contribution in [0.2, 0.25) is 13.1 Å². The quantitative estimate of drug-likeness (QED) is 0.414. The summed E-state index contributed by atoms with van der Waals surface area (Å²) in [5.41, 5.74) is 11.6. The molecule has 4 rings (SSSR count). The van der Waals surface area contributed by atoms with Gasteiger partial charge in [-0.25, -0.2) is 0 Å². The molecule has 0 spiro atoms. The Morgan fingerprint density at radius 2 is 1.00 bits per heavy atom. The van der Waals surface area contributed by atoms with E-state index in [1.807, 2.05) is 6.66 Å². The predicted octanol–water partition coefficient (Wildman–Crippen LogP) is 2.51. The molecule has 0 N–H and O–H groups in total. The fourth-order valence-corrected chi connectivity index (χ4v) is 31.3. The maximum atomic E-state index is 2.59. The third-order valence-corrected chi connectivity index (χ3v) is 32.4. The second-order valence-corrected chi connectivity index (χ2v) is 33.2. The molecule has 2 aromatic rings. The molecule has 34 heavy (non-hydrogen) atoms. The summed E-state index contributed by atoms with van der Waals surface area (Å²) >= 11 is -2.06. The van der Waals surface area contributed by atoms with E-state index in [2.05, 4.69) is 101 Å². The molecule has 0 heterocycles. The Morgan fingerprint density at radius 3 is 1.29 bits per heavy atom. The molecule has 2 aliphatic carbocycles. The monoisotopic (exact) mass is 674 g/mol. The average Bonchev–Trinajstić information content (AvgIpc) is 3.37. The van der Waals surface area contributed by atoms with E-state index in [-0.39, 0.29) is 30.3 Å². The molecule has 0 saturated heterocycles. The second-order valence-electron chi connectivity index (χ2n) is 9.33.